The summed E-state index contributed by atoms with van der Waals surface area (Å²) >= 11 is 1.76. The van der Waals surface area contributed by atoms with Crippen LogP contribution in [-0.4, -0.2) is 67.5 Å². The number of piperidine rings is 1. The number of ether oxygens (including phenoxy) is 2. The van der Waals surface area contributed by atoms with Crippen molar-refractivity contribution in [2.75, 3.05) is 13.7 Å². The van der Waals surface area contributed by atoms with Gasteiger partial charge in [0.1, 0.15) is 17.3 Å². The fourth-order valence-corrected chi connectivity index (χ4v) is 10.8. The van der Waals surface area contributed by atoms with Gasteiger partial charge in [0.2, 0.25) is 11.9 Å². The molecular formula is C46H47FN7O4S+. The van der Waals surface area contributed by atoms with Gasteiger partial charge in [0.25, 0.3) is 0 Å². The van der Waals surface area contributed by atoms with E-state index in [4.69, 9.17) is 14.5 Å². The second-order valence-electron chi connectivity index (χ2n) is 17.3. The molecule has 5 aliphatic rings. The van der Waals surface area contributed by atoms with Crippen LogP contribution < -0.4 is 15.4 Å². The Hall–Kier alpha value is -5.53. The number of H-pyrrole nitrogens is 2. The molecule has 3 fully saturated rings. The Morgan fingerprint density at radius 1 is 1.03 bits per heavy atom. The van der Waals surface area contributed by atoms with Crippen molar-refractivity contribution in [3.63, 3.8) is 0 Å². The van der Waals surface area contributed by atoms with Gasteiger partial charge in [0.15, 0.2) is 18.4 Å². The highest BCUT2D eigenvalue weighted by molar-refractivity contribution is 7.12. The number of alkyl carbamates (subject to hydrolysis) is 1. The van der Waals surface area contributed by atoms with Crippen molar-refractivity contribution in [2.45, 2.75) is 89.6 Å². The van der Waals surface area contributed by atoms with Crippen LogP contribution in [-0.2, 0) is 9.53 Å². The number of benzene rings is 2. The molecule has 5 unspecified atom stereocenters. The molecule has 2 amide bonds. The largest absolute Gasteiger partial charge is 0.464 e. The van der Waals surface area contributed by atoms with Crippen molar-refractivity contribution in [1.29, 1.82) is 0 Å². The molecule has 11 nitrogen and oxygen atoms in total. The van der Waals surface area contributed by atoms with E-state index in [1.165, 1.54) is 31.2 Å². The van der Waals surface area contributed by atoms with Gasteiger partial charge in [-0.1, -0.05) is 26.0 Å². The molecule has 5 atom stereocenters. The fraction of sp³-hybridized carbons (Fsp3) is 0.391. The molecule has 59 heavy (non-hydrogen) atoms. The number of rotatable bonds is 9. The summed E-state index contributed by atoms with van der Waals surface area (Å²) in [6.45, 7) is 6.42. The van der Waals surface area contributed by atoms with Gasteiger partial charge in [-0.3, -0.25) is 4.57 Å². The van der Waals surface area contributed by atoms with Crippen LogP contribution >= 0.6 is 11.3 Å². The Labute approximate surface area is 345 Å². The highest BCUT2D eigenvalue weighted by atomic mass is 32.1. The summed E-state index contributed by atoms with van der Waals surface area (Å²) in [5, 5.41) is 6.94. The zero-order valence-corrected chi connectivity index (χ0v) is 34.3. The number of aryl methyl sites for hydroxylation is 1. The van der Waals surface area contributed by atoms with E-state index in [2.05, 4.69) is 38.8 Å². The molecule has 6 aromatic rings. The van der Waals surface area contributed by atoms with E-state index in [0.717, 1.165) is 80.9 Å². The quantitative estimate of drug-likeness (QED) is 0.108. The molecule has 4 N–H and O–H groups in total. The van der Waals surface area contributed by atoms with Crippen LogP contribution in [0.5, 0.6) is 5.75 Å². The number of thiophene rings is 1. The molecule has 13 heteroatoms. The number of carbonyl (C=O) groups is 2. The smallest absolute Gasteiger partial charge is 0.409 e. The number of aromatic nitrogens is 4. The van der Waals surface area contributed by atoms with Crippen molar-refractivity contribution in [1.82, 2.24) is 30.2 Å². The van der Waals surface area contributed by atoms with E-state index in [1.807, 2.05) is 67.9 Å². The summed E-state index contributed by atoms with van der Waals surface area (Å²) in [5.74, 6) is 2.34. The molecule has 11 rings (SSSR count). The van der Waals surface area contributed by atoms with E-state index in [1.54, 1.807) is 15.9 Å². The first-order chi connectivity index (χ1) is 28.6. The maximum Gasteiger partial charge on any atom is 0.409 e. The standard InChI is InChI=1S/C46H46FN7O4S/c1-22(2)40(52-46(56)57-4)44(55)53-15-5-6-35(53)41-23(3)16-30(50-41)26-9-11-28-36(20-26)58-45(38-14-13-37(59-38)24-7-8-24)54-34-12-10-25(17-29(34)39(47)42(28)54)33-21-48-43(51-33)32-19-27-18-31(27)49-32/h9-14,16-17,20-22,24,27,31-32,40,45,49H,5-8,15,18-19H2,1-4H3,(H2,48,51,52,56)/p+1. The number of imidazole rings is 1. The van der Waals surface area contributed by atoms with Crippen LogP contribution in [0.2, 0.25) is 0 Å². The summed E-state index contributed by atoms with van der Waals surface area (Å²) in [6.07, 6.45) is 6.99. The van der Waals surface area contributed by atoms with E-state index in [0.29, 0.717) is 40.9 Å². The lowest BCUT2D eigenvalue weighted by Crippen LogP contribution is -2.49. The monoisotopic (exact) mass is 812 g/mol. The molecule has 0 radical (unpaired) electrons. The summed E-state index contributed by atoms with van der Waals surface area (Å²) in [5.41, 5.74) is 8.29. The number of amides is 2. The molecule has 0 bridgehead atoms. The molecule has 302 valence electrons. The Kier molecular flexibility index (Phi) is 8.53. The molecule has 1 saturated heterocycles. The van der Waals surface area contributed by atoms with Gasteiger partial charge < -0.3 is 30.1 Å². The zero-order valence-electron chi connectivity index (χ0n) is 33.5. The number of nitrogens with zero attached hydrogens (tertiary/aromatic N) is 3. The van der Waals surface area contributed by atoms with Crippen LogP contribution in [0.15, 0.2) is 60.8 Å². The molecular weight excluding hydrogens is 766 g/mol. The minimum atomic E-state index is -0.717. The summed E-state index contributed by atoms with van der Waals surface area (Å²) < 4.78 is 32.8. The van der Waals surface area contributed by atoms with Crippen LogP contribution in [0.3, 0.4) is 0 Å². The molecule has 0 spiro atoms. The number of methoxy groups -OCH3 is 1. The van der Waals surface area contributed by atoms with Gasteiger partial charge >= 0.3 is 12.0 Å². The average Bonchev–Trinajstić information content (AvgIpc) is 3.71. The van der Waals surface area contributed by atoms with Crippen LogP contribution in [0.1, 0.15) is 97.4 Å². The second kappa shape index (κ2) is 13.8. The van der Waals surface area contributed by atoms with Gasteiger partial charge in [-0.15, -0.1) is 11.3 Å². The second-order valence-corrected chi connectivity index (χ2v) is 18.5. The van der Waals surface area contributed by atoms with Crippen LogP contribution in [0.25, 0.3) is 44.7 Å². The summed E-state index contributed by atoms with van der Waals surface area (Å²) in [7, 11) is 1.30. The third kappa shape index (κ3) is 6.15. The average molecular weight is 813 g/mol. The minimum Gasteiger partial charge on any atom is -0.464 e. The van der Waals surface area contributed by atoms with Gasteiger partial charge in [-0.05, 0) is 98.4 Å². The van der Waals surface area contributed by atoms with Crippen LogP contribution in [0.4, 0.5) is 9.18 Å². The SMILES string of the molecule is COC(=O)NC(C(=O)[N+]1=C(c2[nH]c(-c3ccc4c(c3)OC(c3ccc(C5CC5)s3)n3c-4c(F)c4cc(-c5cnc(C6CC7CC7N6)[nH]5)ccc43)cc2C)CCC1)C(C)C. The fourth-order valence-electron chi connectivity index (χ4n) is 9.62. The van der Waals surface area contributed by atoms with Gasteiger partial charge in [0, 0.05) is 51.5 Å². The van der Waals surface area contributed by atoms with E-state index < -0.39 is 18.4 Å². The van der Waals surface area contributed by atoms with Crippen molar-refractivity contribution < 1.29 is 28.0 Å². The van der Waals surface area contributed by atoms with E-state index >= 15 is 4.39 Å². The van der Waals surface area contributed by atoms with Gasteiger partial charge in [0.05, 0.1) is 41.1 Å². The summed E-state index contributed by atoms with van der Waals surface area (Å²) in [4.78, 5) is 40.3. The third-order valence-electron chi connectivity index (χ3n) is 13.0. The first kappa shape index (κ1) is 36.5. The lowest BCUT2D eigenvalue weighted by molar-refractivity contribution is -0.443. The number of hydrogen-bond acceptors (Lipinski definition) is 7. The number of fused-ring (bicyclic) bond motifs is 6. The van der Waals surface area contributed by atoms with Crippen LogP contribution in [0, 0.1) is 24.6 Å². The molecule has 7 heterocycles. The molecule has 2 aliphatic carbocycles. The van der Waals surface area contributed by atoms with E-state index in [-0.39, 0.29) is 23.7 Å². The number of hydrogen-bond donors (Lipinski definition) is 4. The van der Waals surface area contributed by atoms with Gasteiger partial charge in [-0.2, -0.15) is 4.58 Å². The predicted molar refractivity (Wildman–Crippen MR) is 225 cm³/mol. The minimum absolute atomic E-state index is 0.128. The highest BCUT2D eigenvalue weighted by Gasteiger charge is 2.47. The Morgan fingerprint density at radius 3 is 2.63 bits per heavy atom. The van der Waals surface area contributed by atoms with E-state index in [9.17, 15) is 9.59 Å². The molecule has 2 saturated carbocycles. The molecule has 2 aromatic carbocycles. The Morgan fingerprint density at radius 2 is 1.85 bits per heavy atom. The highest BCUT2D eigenvalue weighted by Crippen LogP contribution is 2.51. The van der Waals surface area contributed by atoms with Crippen molar-refractivity contribution in [2.24, 2.45) is 11.8 Å². The number of carbonyl (C=O) groups excluding carboxylic acids is 2. The maximum atomic E-state index is 17.2. The number of halogens is 1. The lowest BCUT2D eigenvalue weighted by atomic mass is 10.0. The van der Waals surface area contributed by atoms with Crippen molar-refractivity contribution >= 4 is 40.0 Å². The first-order valence-corrected chi connectivity index (χ1v) is 21.7. The molecule has 4 aromatic heterocycles. The topological polar surface area (TPSA) is 129 Å². The van der Waals surface area contributed by atoms with Crippen molar-refractivity contribution in [3.05, 3.63) is 93.4 Å². The predicted octanol–water partition coefficient (Wildman–Crippen LogP) is 8.94. The Bertz CT molecular complexity index is 2720. The maximum absolute atomic E-state index is 17.2. The van der Waals surface area contributed by atoms with Crippen molar-refractivity contribution in [3.8, 4) is 39.5 Å². The molecule has 3 aliphatic heterocycles. The normalized spacial score (nSPS) is 22.3. The summed E-state index contributed by atoms with van der Waals surface area (Å²) in [6, 6.07) is 18.5. The lowest BCUT2D eigenvalue weighted by Gasteiger charge is -2.29. The number of aromatic amines is 2. The Balaban J connectivity index is 0.966. The van der Waals surface area contributed by atoms with Gasteiger partial charge in [-0.25, -0.2) is 19.0 Å². The number of nitrogens with one attached hydrogen (secondary N) is 4. The third-order valence-corrected chi connectivity index (χ3v) is 14.3. The first-order valence-electron chi connectivity index (χ1n) is 20.9. The zero-order chi connectivity index (χ0) is 40.3.